The van der Waals surface area contributed by atoms with E-state index in [9.17, 15) is 21.6 Å². The van der Waals surface area contributed by atoms with Crippen LogP contribution in [0.5, 0.6) is 5.75 Å². The number of benzene rings is 3. The van der Waals surface area contributed by atoms with E-state index >= 15 is 0 Å². The summed E-state index contributed by atoms with van der Waals surface area (Å²) >= 11 is 6.16. The standard InChI is InChI=1S/C28H26ClF3N4O3S/c1-39-23-9-4-19(5-10-23)27(18-2-7-21(29)8-3-18)20-6-11-25-24(16-20)26(17-33-35-25)34-22-12-14-36(15-13-22)40(37,38)28(30,31)32/h2-11,16-17,22,27H,12-15H2,1H3,(H,34,35). The fourth-order valence-electron chi connectivity index (χ4n) is 5.01. The first-order valence-corrected chi connectivity index (χ1v) is 14.4. The van der Waals surface area contributed by atoms with Crippen LogP contribution in [0, 0.1) is 0 Å². The van der Waals surface area contributed by atoms with E-state index in [0.717, 1.165) is 27.8 Å². The fraction of sp³-hybridized carbons (Fsp3) is 0.286. The highest BCUT2D eigenvalue weighted by Gasteiger charge is 2.50. The monoisotopic (exact) mass is 590 g/mol. The number of nitrogens with one attached hydrogen (secondary N) is 1. The number of hydrogen-bond acceptors (Lipinski definition) is 6. The highest BCUT2D eigenvalue weighted by atomic mass is 35.5. The molecule has 7 nitrogen and oxygen atoms in total. The SMILES string of the molecule is COc1ccc(C(c2ccc(Cl)cc2)c2ccc3nncc(NC4CCN(S(=O)(=O)C(F)(F)F)CC4)c3c2)cc1. The second kappa shape index (κ2) is 11.2. The molecule has 0 amide bonds. The van der Waals surface area contributed by atoms with Crippen molar-refractivity contribution in [2.45, 2.75) is 30.3 Å². The van der Waals surface area contributed by atoms with Gasteiger partial charge in [0.15, 0.2) is 0 Å². The number of alkyl halides is 3. The molecule has 210 valence electrons. The van der Waals surface area contributed by atoms with Crippen molar-refractivity contribution in [3.05, 3.63) is 94.6 Å². The molecule has 5 rings (SSSR count). The van der Waals surface area contributed by atoms with E-state index in [1.54, 1.807) is 13.3 Å². The zero-order chi connectivity index (χ0) is 28.5. The molecule has 1 unspecified atom stereocenters. The Hall–Kier alpha value is -3.41. The first kappa shape index (κ1) is 28.1. The van der Waals surface area contributed by atoms with Gasteiger partial charge in [0, 0.05) is 35.5 Å². The number of methoxy groups -OCH3 is 1. The molecule has 2 heterocycles. The van der Waals surface area contributed by atoms with E-state index in [1.807, 2.05) is 66.7 Å². The summed E-state index contributed by atoms with van der Waals surface area (Å²) in [6, 6.07) is 21.1. The number of ether oxygens (including phenoxy) is 1. The van der Waals surface area contributed by atoms with Crippen LogP contribution in [0.15, 0.2) is 72.9 Å². The summed E-state index contributed by atoms with van der Waals surface area (Å²) in [4.78, 5) is 0. The van der Waals surface area contributed by atoms with Gasteiger partial charge in [0.25, 0.3) is 0 Å². The van der Waals surface area contributed by atoms with Gasteiger partial charge >= 0.3 is 15.5 Å². The van der Waals surface area contributed by atoms with Crippen molar-refractivity contribution in [3.63, 3.8) is 0 Å². The highest BCUT2D eigenvalue weighted by Crippen LogP contribution is 2.36. The maximum atomic E-state index is 13.0. The lowest BCUT2D eigenvalue weighted by Crippen LogP contribution is -2.47. The number of sulfonamides is 1. The van der Waals surface area contributed by atoms with Gasteiger partial charge in [0.2, 0.25) is 0 Å². The van der Waals surface area contributed by atoms with Crippen molar-refractivity contribution in [1.82, 2.24) is 14.5 Å². The maximum Gasteiger partial charge on any atom is 0.511 e. The largest absolute Gasteiger partial charge is 0.511 e. The Bertz CT molecular complexity index is 1590. The van der Waals surface area contributed by atoms with Crippen molar-refractivity contribution in [3.8, 4) is 5.75 Å². The molecule has 4 aromatic rings. The summed E-state index contributed by atoms with van der Waals surface area (Å²) in [5.41, 5.74) is -0.925. The number of fused-ring (bicyclic) bond motifs is 1. The van der Waals surface area contributed by atoms with Crippen LogP contribution in [0.1, 0.15) is 35.4 Å². The Morgan fingerprint density at radius 3 is 2.17 bits per heavy atom. The number of nitrogens with zero attached hydrogens (tertiary/aromatic N) is 3. The number of anilines is 1. The van der Waals surface area contributed by atoms with Crippen LogP contribution in [0.25, 0.3) is 10.9 Å². The van der Waals surface area contributed by atoms with Crippen LogP contribution < -0.4 is 10.1 Å². The molecule has 1 aliphatic rings. The highest BCUT2D eigenvalue weighted by molar-refractivity contribution is 7.90. The Morgan fingerprint density at radius 1 is 0.975 bits per heavy atom. The van der Waals surface area contributed by atoms with E-state index in [-0.39, 0.29) is 37.9 Å². The summed E-state index contributed by atoms with van der Waals surface area (Å²) in [7, 11) is -3.72. The second-order valence-electron chi connectivity index (χ2n) is 9.56. The van der Waals surface area contributed by atoms with E-state index in [0.29, 0.717) is 20.5 Å². The van der Waals surface area contributed by atoms with Gasteiger partial charge in [-0.15, -0.1) is 0 Å². The van der Waals surface area contributed by atoms with E-state index in [4.69, 9.17) is 16.3 Å². The lowest BCUT2D eigenvalue weighted by Gasteiger charge is -2.32. The minimum atomic E-state index is -5.34. The van der Waals surface area contributed by atoms with Crippen molar-refractivity contribution >= 4 is 38.2 Å². The van der Waals surface area contributed by atoms with Gasteiger partial charge < -0.3 is 10.1 Å². The average molecular weight is 591 g/mol. The summed E-state index contributed by atoms with van der Waals surface area (Å²) in [6.07, 6.45) is 2.02. The zero-order valence-electron chi connectivity index (χ0n) is 21.4. The molecule has 0 bridgehead atoms. The van der Waals surface area contributed by atoms with Crippen LogP contribution in [-0.2, 0) is 10.0 Å². The van der Waals surface area contributed by atoms with Crippen LogP contribution in [0.3, 0.4) is 0 Å². The van der Waals surface area contributed by atoms with Crippen LogP contribution in [0.4, 0.5) is 18.9 Å². The van der Waals surface area contributed by atoms with Crippen LogP contribution in [0.2, 0.25) is 5.02 Å². The van der Waals surface area contributed by atoms with E-state index in [2.05, 4.69) is 15.5 Å². The zero-order valence-corrected chi connectivity index (χ0v) is 23.0. The van der Waals surface area contributed by atoms with Crippen molar-refractivity contribution < 1.29 is 26.3 Å². The molecule has 1 atom stereocenters. The predicted molar refractivity (Wildman–Crippen MR) is 148 cm³/mol. The van der Waals surface area contributed by atoms with Gasteiger partial charge in [-0.05, 0) is 65.9 Å². The molecule has 40 heavy (non-hydrogen) atoms. The lowest BCUT2D eigenvalue weighted by molar-refractivity contribution is -0.0494. The summed E-state index contributed by atoms with van der Waals surface area (Å²) in [6.45, 7) is -0.450. The van der Waals surface area contributed by atoms with Crippen molar-refractivity contribution in [2.75, 3.05) is 25.5 Å². The van der Waals surface area contributed by atoms with Crippen LogP contribution in [-0.4, -0.2) is 54.7 Å². The molecule has 1 N–H and O–H groups in total. The number of halogens is 4. The van der Waals surface area contributed by atoms with Gasteiger partial charge in [0.1, 0.15) is 5.75 Å². The van der Waals surface area contributed by atoms with Crippen molar-refractivity contribution in [1.29, 1.82) is 0 Å². The fourth-order valence-corrected chi connectivity index (χ4v) is 6.12. The Kier molecular flexibility index (Phi) is 7.89. The van der Waals surface area contributed by atoms with E-state index < -0.39 is 15.5 Å². The van der Waals surface area contributed by atoms with Gasteiger partial charge in [-0.25, -0.2) is 8.42 Å². The first-order chi connectivity index (χ1) is 19.1. The van der Waals surface area contributed by atoms with Gasteiger partial charge in [-0.1, -0.05) is 41.9 Å². The Labute approximate surface area is 235 Å². The molecular weight excluding hydrogens is 565 g/mol. The van der Waals surface area contributed by atoms with E-state index in [1.165, 1.54) is 0 Å². The number of hydrogen-bond donors (Lipinski definition) is 1. The smallest absolute Gasteiger partial charge is 0.497 e. The topological polar surface area (TPSA) is 84.4 Å². The van der Waals surface area contributed by atoms with Gasteiger partial charge in [-0.3, -0.25) is 0 Å². The van der Waals surface area contributed by atoms with Crippen LogP contribution >= 0.6 is 11.6 Å². The first-order valence-electron chi connectivity index (χ1n) is 12.5. The number of aromatic nitrogens is 2. The number of piperidine rings is 1. The third-order valence-electron chi connectivity index (χ3n) is 7.09. The van der Waals surface area contributed by atoms with Crippen molar-refractivity contribution in [2.24, 2.45) is 0 Å². The molecule has 0 aliphatic carbocycles. The minimum Gasteiger partial charge on any atom is -0.497 e. The van der Waals surface area contributed by atoms with Gasteiger partial charge in [-0.2, -0.15) is 27.7 Å². The molecule has 0 spiro atoms. The molecule has 1 aliphatic heterocycles. The maximum absolute atomic E-state index is 13.0. The molecule has 1 fully saturated rings. The third-order valence-corrected chi connectivity index (χ3v) is 8.98. The lowest BCUT2D eigenvalue weighted by atomic mass is 9.84. The molecule has 1 saturated heterocycles. The molecule has 3 aromatic carbocycles. The summed E-state index contributed by atoms with van der Waals surface area (Å²) in [5.74, 6) is 0.609. The molecule has 0 saturated carbocycles. The minimum absolute atomic E-state index is 0.135. The molecule has 0 radical (unpaired) electrons. The molecule has 1 aromatic heterocycles. The quantitative estimate of drug-likeness (QED) is 0.258. The summed E-state index contributed by atoms with van der Waals surface area (Å²) < 4.78 is 68.3. The summed E-state index contributed by atoms with van der Waals surface area (Å²) in [5, 5.41) is 13.1. The molecular formula is C28H26ClF3N4O3S. The normalized spacial score (nSPS) is 16.1. The second-order valence-corrected chi connectivity index (χ2v) is 11.9. The van der Waals surface area contributed by atoms with Gasteiger partial charge in [0.05, 0.1) is 24.5 Å². The molecule has 12 heteroatoms. The third kappa shape index (κ3) is 5.72. The Morgan fingerprint density at radius 2 is 1.57 bits per heavy atom. The average Bonchev–Trinajstić information content (AvgIpc) is 2.94. The Balaban J connectivity index is 1.46. The predicted octanol–water partition coefficient (Wildman–Crippen LogP) is 6.20. The number of rotatable bonds is 7.